The summed E-state index contributed by atoms with van der Waals surface area (Å²) in [7, 11) is 0. The highest BCUT2D eigenvalue weighted by Crippen LogP contribution is 1.98. The van der Waals surface area contributed by atoms with Crippen LogP contribution in [0.15, 0.2) is 12.4 Å². The summed E-state index contributed by atoms with van der Waals surface area (Å²) in [4.78, 5) is 3.97. The Hall–Kier alpha value is -0.910. The van der Waals surface area contributed by atoms with Gasteiger partial charge in [-0.2, -0.15) is 0 Å². The Morgan fingerprint density at radius 1 is 1.67 bits per heavy atom. The van der Waals surface area contributed by atoms with Crippen molar-refractivity contribution in [3.63, 3.8) is 0 Å². The molecule has 1 rings (SSSR count). The largest absolute Gasteiger partial charge is 0.394 e. The zero-order chi connectivity index (χ0) is 8.97. The van der Waals surface area contributed by atoms with Crippen LogP contribution in [0.3, 0.4) is 0 Å². The van der Waals surface area contributed by atoms with E-state index in [-0.39, 0.29) is 6.61 Å². The maximum Gasteiger partial charge on any atom is 0.122 e. The Bertz CT molecular complexity index is 236. The predicted molar refractivity (Wildman–Crippen MR) is 43.2 cm³/mol. The first-order valence-corrected chi connectivity index (χ1v) is 3.77. The lowest BCUT2D eigenvalue weighted by atomic mass is 10.4. The average Bonchev–Trinajstić information content (AvgIpc) is 2.51. The van der Waals surface area contributed by atoms with Crippen LogP contribution in [0.5, 0.6) is 0 Å². The fourth-order valence-electron chi connectivity index (χ4n) is 0.981. The molecule has 1 atom stereocenters. The fourth-order valence-corrected chi connectivity index (χ4v) is 0.981. The Balaban J connectivity index is 2.61. The second kappa shape index (κ2) is 4.20. The molecule has 1 unspecified atom stereocenters. The summed E-state index contributed by atoms with van der Waals surface area (Å²) in [5.41, 5.74) is 5.38. The molecule has 0 aliphatic heterocycles. The van der Waals surface area contributed by atoms with Gasteiger partial charge in [0.15, 0.2) is 0 Å². The van der Waals surface area contributed by atoms with Crippen LogP contribution < -0.4 is 5.73 Å². The lowest BCUT2D eigenvalue weighted by Crippen LogP contribution is -2.21. The standard InChI is InChI=1S/C7H13N3O2/c8-3-7-9-1-2-10(7)4-6(12)5-11/h1-2,6,11-12H,3-5,8H2. The molecule has 0 amide bonds. The Kier molecular flexibility index (Phi) is 3.21. The van der Waals surface area contributed by atoms with Gasteiger partial charge in [0.25, 0.3) is 0 Å². The summed E-state index contributed by atoms with van der Waals surface area (Å²) in [5, 5.41) is 17.7. The first-order valence-electron chi connectivity index (χ1n) is 3.77. The van der Waals surface area contributed by atoms with Crippen molar-refractivity contribution in [3.8, 4) is 0 Å². The third-order valence-corrected chi connectivity index (χ3v) is 1.60. The smallest absolute Gasteiger partial charge is 0.122 e. The number of rotatable bonds is 4. The highest BCUT2D eigenvalue weighted by molar-refractivity contribution is 4.91. The number of hydrogen-bond acceptors (Lipinski definition) is 4. The zero-order valence-corrected chi connectivity index (χ0v) is 6.72. The minimum absolute atomic E-state index is 0.248. The van der Waals surface area contributed by atoms with Gasteiger partial charge >= 0.3 is 0 Å². The van der Waals surface area contributed by atoms with Crippen molar-refractivity contribution in [3.05, 3.63) is 18.2 Å². The van der Waals surface area contributed by atoms with Crippen LogP contribution in [-0.2, 0) is 13.1 Å². The normalized spacial score (nSPS) is 13.2. The van der Waals surface area contributed by atoms with E-state index in [9.17, 15) is 0 Å². The van der Waals surface area contributed by atoms with Gasteiger partial charge in [-0.15, -0.1) is 0 Å². The third kappa shape index (κ3) is 2.04. The highest BCUT2D eigenvalue weighted by Gasteiger charge is 2.05. The minimum atomic E-state index is -0.746. The monoisotopic (exact) mass is 171 g/mol. The van der Waals surface area contributed by atoms with Gasteiger partial charge < -0.3 is 20.5 Å². The quantitative estimate of drug-likeness (QED) is 0.525. The summed E-state index contributed by atoms with van der Waals surface area (Å²) in [6, 6.07) is 0. The number of aliphatic hydroxyl groups excluding tert-OH is 2. The van der Waals surface area contributed by atoms with Crippen LogP contribution in [0.25, 0.3) is 0 Å². The number of nitrogens with zero attached hydrogens (tertiary/aromatic N) is 2. The lowest BCUT2D eigenvalue weighted by Gasteiger charge is -2.09. The first kappa shape index (κ1) is 9.18. The number of hydrogen-bond donors (Lipinski definition) is 3. The summed E-state index contributed by atoms with van der Waals surface area (Å²) < 4.78 is 1.72. The third-order valence-electron chi connectivity index (χ3n) is 1.60. The van der Waals surface area contributed by atoms with E-state index in [1.807, 2.05) is 0 Å². The van der Waals surface area contributed by atoms with E-state index >= 15 is 0 Å². The molecule has 0 saturated heterocycles. The predicted octanol–water partition coefficient (Wildman–Crippen LogP) is -1.31. The van der Waals surface area contributed by atoms with Gasteiger partial charge in [0, 0.05) is 12.4 Å². The second-order valence-corrected chi connectivity index (χ2v) is 2.54. The number of imidazole rings is 1. The van der Waals surface area contributed by atoms with Crippen LogP contribution >= 0.6 is 0 Å². The van der Waals surface area contributed by atoms with Crippen molar-refractivity contribution in [2.45, 2.75) is 19.2 Å². The topological polar surface area (TPSA) is 84.3 Å². The van der Waals surface area contributed by atoms with Gasteiger partial charge in [0.05, 0.1) is 25.8 Å². The van der Waals surface area contributed by atoms with Gasteiger partial charge in [-0.25, -0.2) is 4.98 Å². The molecular weight excluding hydrogens is 158 g/mol. The molecule has 0 fully saturated rings. The number of aromatic nitrogens is 2. The molecule has 5 heteroatoms. The van der Waals surface area contributed by atoms with E-state index in [0.29, 0.717) is 18.9 Å². The molecule has 1 aromatic rings. The van der Waals surface area contributed by atoms with E-state index < -0.39 is 6.10 Å². The van der Waals surface area contributed by atoms with Crippen molar-refractivity contribution in [1.82, 2.24) is 9.55 Å². The van der Waals surface area contributed by atoms with E-state index in [4.69, 9.17) is 15.9 Å². The van der Waals surface area contributed by atoms with Crippen molar-refractivity contribution in [2.24, 2.45) is 5.73 Å². The summed E-state index contributed by atoms with van der Waals surface area (Å²) in [5.74, 6) is 0.711. The molecule has 0 saturated carbocycles. The van der Waals surface area contributed by atoms with Crippen molar-refractivity contribution < 1.29 is 10.2 Å². The molecular formula is C7H13N3O2. The van der Waals surface area contributed by atoms with Gasteiger partial charge in [0.2, 0.25) is 0 Å². The highest BCUT2D eigenvalue weighted by atomic mass is 16.3. The van der Waals surface area contributed by atoms with Crippen molar-refractivity contribution >= 4 is 0 Å². The summed E-state index contributed by atoms with van der Waals surface area (Å²) in [6.07, 6.45) is 2.59. The average molecular weight is 171 g/mol. The van der Waals surface area contributed by atoms with Crippen LogP contribution in [0, 0.1) is 0 Å². The van der Waals surface area contributed by atoms with Gasteiger partial charge in [0.1, 0.15) is 5.82 Å². The molecule has 0 radical (unpaired) electrons. The fraction of sp³-hybridized carbons (Fsp3) is 0.571. The van der Waals surface area contributed by atoms with E-state index in [1.165, 1.54) is 0 Å². The van der Waals surface area contributed by atoms with E-state index in [0.717, 1.165) is 0 Å². The van der Waals surface area contributed by atoms with Gasteiger partial charge in [-0.3, -0.25) is 0 Å². The Labute approximate surface area is 70.5 Å². The minimum Gasteiger partial charge on any atom is -0.394 e. The van der Waals surface area contributed by atoms with Crippen molar-refractivity contribution in [2.75, 3.05) is 6.61 Å². The van der Waals surface area contributed by atoms with Crippen LogP contribution in [0.2, 0.25) is 0 Å². The molecule has 0 aliphatic rings. The molecule has 1 aromatic heterocycles. The summed E-state index contributed by atoms with van der Waals surface area (Å²) in [6.45, 7) is 0.427. The molecule has 0 spiro atoms. The SMILES string of the molecule is NCc1nccn1CC(O)CO. The zero-order valence-electron chi connectivity index (χ0n) is 6.72. The maximum absolute atomic E-state index is 9.11. The van der Waals surface area contributed by atoms with E-state index in [1.54, 1.807) is 17.0 Å². The van der Waals surface area contributed by atoms with E-state index in [2.05, 4.69) is 4.98 Å². The van der Waals surface area contributed by atoms with Crippen LogP contribution in [0.1, 0.15) is 5.82 Å². The number of aliphatic hydroxyl groups is 2. The Morgan fingerprint density at radius 3 is 3.00 bits per heavy atom. The molecule has 1 heterocycles. The molecule has 0 aromatic carbocycles. The molecule has 5 nitrogen and oxygen atoms in total. The van der Waals surface area contributed by atoms with Crippen LogP contribution in [0.4, 0.5) is 0 Å². The van der Waals surface area contributed by atoms with Crippen LogP contribution in [-0.4, -0.2) is 32.5 Å². The molecule has 12 heavy (non-hydrogen) atoms. The number of nitrogens with two attached hydrogens (primary N) is 1. The Morgan fingerprint density at radius 2 is 2.42 bits per heavy atom. The summed E-state index contributed by atoms with van der Waals surface area (Å²) >= 11 is 0. The second-order valence-electron chi connectivity index (χ2n) is 2.54. The molecule has 68 valence electrons. The van der Waals surface area contributed by atoms with Gasteiger partial charge in [-0.05, 0) is 0 Å². The lowest BCUT2D eigenvalue weighted by molar-refractivity contribution is 0.0805. The maximum atomic E-state index is 9.11. The molecule has 4 N–H and O–H groups in total. The van der Waals surface area contributed by atoms with Gasteiger partial charge in [-0.1, -0.05) is 0 Å². The molecule has 0 bridgehead atoms. The first-order chi connectivity index (χ1) is 5.77. The molecule has 0 aliphatic carbocycles. The van der Waals surface area contributed by atoms with Crippen molar-refractivity contribution in [1.29, 1.82) is 0 Å².